The van der Waals surface area contributed by atoms with Gasteiger partial charge in [0.2, 0.25) is 0 Å². The molecule has 0 unspecified atom stereocenters. The molecule has 0 aliphatic carbocycles. The van der Waals surface area contributed by atoms with E-state index in [1.165, 1.54) is 0 Å². The average Bonchev–Trinajstić information content (AvgIpc) is 2.36. The quantitative estimate of drug-likeness (QED) is 0.746. The van der Waals surface area contributed by atoms with Gasteiger partial charge in [-0.3, -0.25) is 4.98 Å². The van der Waals surface area contributed by atoms with Crippen molar-refractivity contribution in [1.29, 1.82) is 0 Å². The molecule has 0 fully saturated rings. The normalized spacial score (nSPS) is 10.9. The number of aromatic nitrogens is 2. The van der Waals surface area contributed by atoms with E-state index in [2.05, 4.69) is 46.1 Å². The van der Waals surface area contributed by atoms with Gasteiger partial charge in [-0.05, 0) is 27.6 Å². The third-order valence-electron chi connectivity index (χ3n) is 2.68. The molecular formula is C13H25N5. The van der Waals surface area contributed by atoms with Crippen LogP contribution in [-0.2, 0) is 6.54 Å². The second-order valence-electron chi connectivity index (χ2n) is 4.69. The van der Waals surface area contributed by atoms with Crippen molar-refractivity contribution < 1.29 is 0 Å². The van der Waals surface area contributed by atoms with Gasteiger partial charge in [0.15, 0.2) is 0 Å². The molecule has 0 atom stereocenters. The van der Waals surface area contributed by atoms with Gasteiger partial charge in [-0.1, -0.05) is 6.92 Å². The fourth-order valence-electron chi connectivity index (χ4n) is 1.72. The molecule has 5 nitrogen and oxygen atoms in total. The molecule has 1 heterocycles. The van der Waals surface area contributed by atoms with E-state index in [0.29, 0.717) is 0 Å². The highest BCUT2D eigenvalue weighted by Gasteiger charge is 2.07. The zero-order valence-corrected chi connectivity index (χ0v) is 12.0. The Balaban J connectivity index is 2.65. The standard InChI is InChI=1S/C13H25N5/c1-5-6-18(8-7-17(3)4)13-11-15-12(9-14-2)10-16-13/h10-11,14H,5-9H2,1-4H3. The summed E-state index contributed by atoms with van der Waals surface area (Å²) in [5.41, 5.74) is 0.977. The Morgan fingerprint density at radius 2 is 1.89 bits per heavy atom. The van der Waals surface area contributed by atoms with E-state index in [-0.39, 0.29) is 0 Å². The SMILES string of the molecule is CCCN(CCN(C)C)c1cnc(CNC)cn1. The van der Waals surface area contributed by atoms with Crippen molar-refractivity contribution in [3.63, 3.8) is 0 Å². The molecule has 1 aromatic heterocycles. The van der Waals surface area contributed by atoms with Gasteiger partial charge in [-0.25, -0.2) is 4.98 Å². The summed E-state index contributed by atoms with van der Waals surface area (Å²) >= 11 is 0. The van der Waals surface area contributed by atoms with Gasteiger partial charge in [0, 0.05) is 26.2 Å². The van der Waals surface area contributed by atoms with Gasteiger partial charge < -0.3 is 15.1 Å². The summed E-state index contributed by atoms with van der Waals surface area (Å²) in [5, 5.41) is 3.08. The first-order valence-corrected chi connectivity index (χ1v) is 6.52. The minimum atomic E-state index is 0.763. The van der Waals surface area contributed by atoms with E-state index < -0.39 is 0 Å². The highest BCUT2D eigenvalue weighted by Crippen LogP contribution is 2.09. The first-order chi connectivity index (χ1) is 8.67. The molecule has 102 valence electrons. The Labute approximate surface area is 110 Å². The first-order valence-electron chi connectivity index (χ1n) is 6.52. The smallest absolute Gasteiger partial charge is 0.147 e. The number of likely N-dealkylation sites (N-methyl/N-ethyl adjacent to an activating group) is 1. The topological polar surface area (TPSA) is 44.3 Å². The van der Waals surface area contributed by atoms with Gasteiger partial charge in [0.25, 0.3) is 0 Å². The third-order valence-corrected chi connectivity index (χ3v) is 2.68. The Hall–Kier alpha value is -1.20. The fourth-order valence-corrected chi connectivity index (χ4v) is 1.72. The van der Waals surface area contributed by atoms with Crippen LogP contribution in [0.4, 0.5) is 5.82 Å². The Morgan fingerprint density at radius 3 is 2.39 bits per heavy atom. The van der Waals surface area contributed by atoms with Crippen LogP contribution in [0.15, 0.2) is 12.4 Å². The minimum absolute atomic E-state index is 0.763. The molecule has 1 aromatic rings. The zero-order valence-electron chi connectivity index (χ0n) is 12.0. The average molecular weight is 251 g/mol. The molecule has 0 spiro atoms. The van der Waals surface area contributed by atoms with E-state index >= 15 is 0 Å². The molecule has 0 radical (unpaired) electrons. The third kappa shape index (κ3) is 4.98. The van der Waals surface area contributed by atoms with Crippen LogP contribution >= 0.6 is 0 Å². The monoisotopic (exact) mass is 251 g/mol. The Kier molecular flexibility index (Phi) is 6.60. The molecule has 0 aliphatic rings. The van der Waals surface area contributed by atoms with Crippen LogP contribution in [0.1, 0.15) is 19.0 Å². The van der Waals surface area contributed by atoms with E-state index in [9.17, 15) is 0 Å². The summed E-state index contributed by atoms with van der Waals surface area (Å²) in [6, 6.07) is 0. The zero-order chi connectivity index (χ0) is 13.4. The van der Waals surface area contributed by atoms with Crippen molar-refractivity contribution in [2.75, 3.05) is 45.7 Å². The lowest BCUT2D eigenvalue weighted by molar-refractivity contribution is 0.412. The van der Waals surface area contributed by atoms with Gasteiger partial charge in [0.1, 0.15) is 5.82 Å². The van der Waals surface area contributed by atoms with Crippen molar-refractivity contribution >= 4 is 5.82 Å². The van der Waals surface area contributed by atoms with Crippen LogP contribution < -0.4 is 10.2 Å². The number of rotatable bonds is 8. The highest BCUT2D eigenvalue weighted by atomic mass is 15.2. The maximum Gasteiger partial charge on any atom is 0.147 e. The van der Waals surface area contributed by atoms with E-state index in [1.807, 2.05) is 19.4 Å². The lowest BCUT2D eigenvalue weighted by Gasteiger charge is -2.24. The number of hydrogen-bond acceptors (Lipinski definition) is 5. The van der Waals surface area contributed by atoms with Gasteiger partial charge in [0.05, 0.1) is 18.1 Å². The molecule has 0 aliphatic heterocycles. The molecule has 0 aromatic carbocycles. The maximum absolute atomic E-state index is 4.50. The van der Waals surface area contributed by atoms with Crippen LogP contribution in [0.5, 0.6) is 0 Å². The summed E-state index contributed by atoms with van der Waals surface area (Å²) in [6.45, 7) is 5.99. The van der Waals surface area contributed by atoms with E-state index in [4.69, 9.17) is 0 Å². The van der Waals surface area contributed by atoms with Gasteiger partial charge in [-0.2, -0.15) is 0 Å². The second-order valence-corrected chi connectivity index (χ2v) is 4.69. The molecule has 0 saturated heterocycles. The molecule has 18 heavy (non-hydrogen) atoms. The van der Waals surface area contributed by atoms with Crippen LogP contribution in [0.3, 0.4) is 0 Å². The predicted molar refractivity (Wildman–Crippen MR) is 75.9 cm³/mol. The van der Waals surface area contributed by atoms with Crippen molar-refractivity contribution in [1.82, 2.24) is 20.2 Å². The van der Waals surface area contributed by atoms with Gasteiger partial charge in [-0.15, -0.1) is 0 Å². The van der Waals surface area contributed by atoms with E-state index in [1.54, 1.807) is 0 Å². The molecule has 0 saturated carbocycles. The molecule has 1 rings (SSSR count). The van der Waals surface area contributed by atoms with Crippen LogP contribution in [0, 0.1) is 0 Å². The van der Waals surface area contributed by atoms with Crippen molar-refractivity contribution in [2.45, 2.75) is 19.9 Å². The summed E-state index contributed by atoms with van der Waals surface area (Å²) in [6.07, 6.45) is 4.84. The lowest BCUT2D eigenvalue weighted by atomic mass is 10.3. The molecular weight excluding hydrogens is 226 g/mol. The molecule has 1 N–H and O–H groups in total. The van der Waals surface area contributed by atoms with Crippen LogP contribution in [0.25, 0.3) is 0 Å². The Bertz CT molecular complexity index is 323. The predicted octanol–water partition coefficient (Wildman–Crippen LogP) is 0.974. The summed E-state index contributed by atoms with van der Waals surface area (Å²) < 4.78 is 0. The van der Waals surface area contributed by atoms with Crippen molar-refractivity contribution in [3.05, 3.63) is 18.1 Å². The van der Waals surface area contributed by atoms with Crippen LogP contribution in [0.2, 0.25) is 0 Å². The summed E-state index contributed by atoms with van der Waals surface area (Å²) in [7, 11) is 6.09. The highest BCUT2D eigenvalue weighted by molar-refractivity contribution is 5.35. The van der Waals surface area contributed by atoms with Crippen molar-refractivity contribution in [3.8, 4) is 0 Å². The lowest BCUT2D eigenvalue weighted by Crippen LogP contribution is -2.33. The van der Waals surface area contributed by atoms with E-state index in [0.717, 1.165) is 44.1 Å². The largest absolute Gasteiger partial charge is 0.354 e. The minimum Gasteiger partial charge on any atom is -0.354 e. The fraction of sp³-hybridized carbons (Fsp3) is 0.692. The summed E-state index contributed by atoms with van der Waals surface area (Å²) in [5.74, 6) is 0.971. The first kappa shape index (κ1) is 14.9. The second kappa shape index (κ2) is 8.00. The number of nitrogens with one attached hydrogen (secondary N) is 1. The molecule has 0 amide bonds. The maximum atomic E-state index is 4.50. The number of anilines is 1. The molecule has 0 bridgehead atoms. The van der Waals surface area contributed by atoms with Gasteiger partial charge >= 0.3 is 0 Å². The van der Waals surface area contributed by atoms with Crippen LogP contribution in [-0.4, -0.2) is 55.6 Å². The number of nitrogens with zero attached hydrogens (tertiary/aromatic N) is 4. The summed E-state index contributed by atoms with van der Waals surface area (Å²) in [4.78, 5) is 13.4. The van der Waals surface area contributed by atoms with Crippen molar-refractivity contribution in [2.24, 2.45) is 0 Å². The molecule has 5 heteroatoms. The Morgan fingerprint density at radius 1 is 1.11 bits per heavy atom. The number of hydrogen-bond donors (Lipinski definition) is 1.